The Morgan fingerprint density at radius 2 is 1.93 bits per heavy atom. The van der Waals surface area contributed by atoms with Gasteiger partial charge in [-0.15, -0.1) is 6.42 Å². The number of nitriles is 1. The van der Waals surface area contributed by atoms with Crippen LogP contribution < -0.4 is 4.72 Å². The molecule has 0 saturated heterocycles. The van der Waals surface area contributed by atoms with Gasteiger partial charge in [0.05, 0.1) is 23.1 Å². The van der Waals surface area contributed by atoms with Crippen LogP contribution in [0.1, 0.15) is 5.56 Å². The number of sulfonamides is 1. The lowest BCUT2D eigenvalue weighted by Crippen LogP contribution is -2.23. The minimum absolute atomic E-state index is 0.0532. The number of nitrogens with zero attached hydrogens (tertiary/aromatic N) is 1. The fourth-order valence-electron chi connectivity index (χ4n) is 0.929. The van der Waals surface area contributed by atoms with Crippen molar-refractivity contribution in [2.45, 2.75) is 4.90 Å². The van der Waals surface area contributed by atoms with Gasteiger partial charge in [0.15, 0.2) is 0 Å². The lowest BCUT2D eigenvalue weighted by atomic mass is 10.2. The molecule has 0 aliphatic heterocycles. The molecule has 1 aromatic carbocycles. The molecular weight excluding hydrogens is 212 g/mol. The molecule has 0 fully saturated rings. The Bertz CT molecular complexity index is 518. The lowest BCUT2D eigenvalue weighted by Gasteiger charge is -2.03. The van der Waals surface area contributed by atoms with E-state index in [1.807, 2.05) is 6.07 Å². The summed E-state index contributed by atoms with van der Waals surface area (Å²) < 4.78 is 25.2. The molecule has 4 nitrogen and oxygen atoms in total. The maximum Gasteiger partial charge on any atom is 0.241 e. The molecule has 0 aliphatic carbocycles. The van der Waals surface area contributed by atoms with Gasteiger partial charge >= 0.3 is 0 Å². The van der Waals surface area contributed by atoms with E-state index in [0.29, 0.717) is 5.56 Å². The van der Waals surface area contributed by atoms with Crippen molar-refractivity contribution in [3.05, 3.63) is 29.8 Å². The molecule has 1 rings (SSSR count). The highest BCUT2D eigenvalue weighted by Crippen LogP contribution is 2.09. The quantitative estimate of drug-likeness (QED) is 0.753. The molecule has 0 aromatic heterocycles. The molecule has 0 saturated carbocycles. The summed E-state index contributed by atoms with van der Waals surface area (Å²) in [7, 11) is -3.55. The van der Waals surface area contributed by atoms with E-state index < -0.39 is 10.0 Å². The fraction of sp³-hybridized carbons (Fsp3) is 0.100. The van der Waals surface area contributed by atoms with Crippen molar-refractivity contribution in [3.8, 4) is 18.4 Å². The third-order valence-electron chi connectivity index (χ3n) is 1.66. The van der Waals surface area contributed by atoms with Crippen LogP contribution in [0.25, 0.3) is 0 Å². The van der Waals surface area contributed by atoms with Crippen molar-refractivity contribution in [1.29, 1.82) is 5.26 Å². The maximum absolute atomic E-state index is 11.5. The standard InChI is InChI=1S/C10H8N2O2S/c1-2-7-12-15(13,14)10-5-3-9(8-11)4-6-10/h1,3-6,12H,7H2. The average Bonchev–Trinajstić information content (AvgIpc) is 2.26. The highest BCUT2D eigenvalue weighted by molar-refractivity contribution is 7.89. The number of hydrogen-bond donors (Lipinski definition) is 1. The van der Waals surface area contributed by atoms with E-state index in [4.69, 9.17) is 11.7 Å². The Hall–Kier alpha value is -1.82. The third-order valence-corrected chi connectivity index (χ3v) is 3.08. The van der Waals surface area contributed by atoms with Crippen LogP contribution in [-0.4, -0.2) is 15.0 Å². The average molecular weight is 220 g/mol. The van der Waals surface area contributed by atoms with Crippen molar-refractivity contribution >= 4 is 10.0 Å². The SMILES string of the molecule is C#CCNS(=O)(=O)c1ccc(C#N)cc1. The first kappa shape index (κ1) is 11.3. The molecule has 5 heteroatoms. The summed E-state index contributed by atoms with van der Waals surface area (Å²) in [4.78, 5) is 0.0942. The van der Waals surface area contributed by atoms with Gasteiger partial charge in [-0.25, -0.2) is 8.42 Å². The molecule has 0 amide bonds. The summed E-state index contributed by atoms with van der Waals surface area (Å²) in [5, 5.41) is 8.53. The van der Waals surface area contributed by atoms with Crippen molar-refractivity contribution in [1.82, 2.24) is 4.72 Å². The van der Waals surface area contributed by atoms with Crippen LogP contribution >= 0.6 is 0 Å². The first-order valence-electron chi connectivity index (χ1n) is 4.03. The van der Waals surface area contributed by atoms with Gasteiger partial charge in [0.1, 0.15) is 0 Å². The van der Waals surface area contributed by atoms with Crippen molar-refractivity contribution in [3.63, 3.8) is 0 Å². The number of nitrogens with one attached hydrogen (secondary N) is 1. The van der Waals surface area contributed by atoms with Crippen molar-refractivity contribution < 1.29 is 8.42 Å². The summed E-state index contributed by atoms with van der Waals surface area (Å²) in [5.74, 6) is 2.17. The zero-order valence-electron chi connectivity index (χ0n) is 7.77. The van der Waals surface area contributed by atoms with E-state index in [9.17, 15) is 8.42 Å². The molecule has 76 valence electrons. The van der Waals surface area contributed by atoms with Gasteiger partial charge in [-0.05, 0) is 24.3 Å². The first-order chi connectivity index (χ1) is 7.10. The summed E-state index contributed by atoms with van der Waals surface area (Å²) in [5.41, 5.74) is 0.408. The zero-order chi connectivity index (χ0) is 11.3. The molecule has 0 bridgehead atoms. The first-order valence-corrected chi connectivity index (χ1v) is 5.52. The molecule has 1 aromatic rings. The van der Waals surface area contributed by atoms with Gasteiger partial charge in [-0.3, -0.25) is 0 Å². The van der Waals surface area contributed by atoms with E-state index in [1.54, 1.807) is 0 Å². The maximum atomic E-state index is 11.5. The molecule has 0 spiro atoms. The van der Waals surface area contributed by atoms with Crippen LogP contribution in [0.3, 0.4) is 0 Å². The summed E-state index contributed by atoms with van der Waals surface area (Å²) in [6.45, 7) is -0.0532. The van der Waals surface area contributed by atoms with Crippen LogP contribution in [0.5, 0.6) is 0 Å². The Labute approximate surface area is 88.6 Å². The molecule has 1 N–H and O–H groups in total. The lowest BCUT2D eigenvalue weighted by molar-refractivity contribution is 0.586. The van der Waals surface area contributed by atoms with Gasteiger partial charge in [0.25, 0.3) is 0 Å². The van der Waals surface area contributed by atoms with Gasteiger partial charge in [0.2, 0.25) is 10.0 Å². The molecule has 0 atom stereocenters. The Morgan fingerprint density at radius 1 is 1.33 bits per heavy atom. The predicted molar refractivity (Wildman–Crippen MR) is 55.2 cm³/mol. The van der Waals surface area contributed by atoms with E-state index in [0.717, 1.165) is 0 Å². The molecule has 0 radical (unpaired) electrons. The van der Waals surface area contributed by atoms with E-state index >= 15 is 0 Å². The topological polar surface area (TPSA) is 70.0 Å². The van der Waals surface area contributed by atoms with Crippen LogP contribution in [0.2, 0.25) is 0 Å². The second-order valence-electron chi connectivity index (χ2n) is 2.66. The molecule has 0 unspecified atom stereocenters. The molecule has 15 heavy (non-hydrogen) atoms. The highest BCUT2D eigenvalue weighted by atomic mass is 32.2. The van der Waals surface area contributed by atoms with E-state index in [1.165, 1.54) is 24.3 Å². The second kappa shape index (κ2) is 4.61. The van der Waals surface area contributed by atoms with Crippen molar-refractivity contribution in [2.24, 2.45) is 0 Å². The number of benzene rings is 1. The normalized spacial score (nSPS) is 10.3. The minimum atomic E-state index is -3.55. The van der Waals surface area contributed by atoms with E-state index in [2.05, 4.69) is 10.6 Å². The number of rotatable bonds is 3. The summed E-state index contributed by atoms with van der Waals surface area (Å²) >= 11 is 0. The number of terminal acetylenes is 1. The Kier molecular flexibility index (Phi) is 3.46. The van der Waals surface area contributed by atoms with Crippen LogP contribution in [0, 0.1) is 23.7 Å². The fourth-order valence-corrected chi connectivity index (χ4v) is 1.86. The zero-order valence-corrected chi connectivity index (χ0v) is 8.58. The smallest absolute Gasteiger partial charge is 0.207 e. The largest absolute Gasteiger partial charge is 0.241 e. The minimum Gasteiger partial charge on any atom is -0.207 e. The van der Waals surface area contributed by atoms with Gasteiger partial charge in [-0.2, -0.15) is 9.98 Å². The highest BCUT2D eigenvalue weighted by Gasteiger charge is 2.11. The summed E-state index contributed by atoms with van der Waals surface area (Å²) in [6, 6.07) is 7.49. The molecule has 0 heterocycles. The Balaban J connectivity index is 2.98. The second-order valence-corrected chi connectivity index (χ2v) is 4.43. The van der Waals surface area contributed by atoms with Gasteiger partial charge in [0, 0.05) is 0 Å². The molecule has 0 aliphatic rings. The summed E-state index contributed by atoms with van der Waals surface area (Å²) in [6.07, 6.45) is 4.94. The number of hydrogen-bond acceptors (Lipinski definition) is 3. The van der Waals surface area contributed by atoms with Crippen molar-refractivity contribution in [2.75, 3.05) is 6.54 Å². The third kappa shape index (κ3) is 2.81. The van der Waals surface area contributed by atoms with Crippen LogP contribution in [0.4, 0.5) is 0 Å². The van der Waals surface area contributed by atoms with Gasteiger partial charge < -0.3 is 0 Å². The predicted octanol–water partition coefficient (Wildman–Crippen LogP) is 0.470. The monoisotopic (exact) mass is 220 g/mol. The van der Waals surface area contributed by atoms with Crippen LogP contribution in [-0.2, 0) is 10.0 Å². The Morgan fingerprint density at radius 3 is 2.40 bits per heavy atom. The molecular formula is C10H8N2O2S. The van der Waals surface area contributed by atoms with E-state index in [-0.39, 0.29) is 11.4 Å². The van der Waals surface area contributed by atoms with Gasteiger partial charge in [-0.1, -0.05) is 5.92 Å². The van der Waals surface area contributed by atoms with Crippen LogP contribution in [0.15, 0.2) is 29.2 Å².